The van der Waals surface area contributed by atoms with Gasteiger partial charge in [0.2, 0.25) is 0 Å². The summed E-state index contributed by atoms with van der Waals surface area (Å²) in [5, 5.41) is 0.649. The zero-order chi connectivity index (χ0) is 21.7. The van der Waals surface area contributed by atoms with E-state index in [1.54, 1.807) is 36.3 Å². The minimum Gasteiger partial charge on any atom is -0.497 e. The average molecular weight is 425 g/mol. The quantitative estimate of drug-likeness (QED) is 0.495. The van der Waals surface area contributed by atoms with Crippen molar-refractivity contribution in [2.45, 2.75) is 13.8 Å². The van der Waals surface area contributed by atoms with Crippen molar-refractivity contribution in [2.75, 3.05) is 20.8 Å². The average Bonchev–Trinajstić information content (AvgIpc) is 3.02. The third-order valence-corrected chi connectivity index (χ3v) is 5.37. The third kappa shape index (κ3) is 5.10. The van der Waals surface area contributed by atoms with E-state index < -0.39 is 5.97 Å². The smallest absolute Gasteiger partial charge is 0.337 e. The molecule has 0 radical (unpaired) electrons. The van der Waals surface area contributed by atoms with Gasteiger partial charge in [-0.1, -0.05) is 26.0 Å². The lowest BCUT2D eigenvalue weighted by atomic mass is 10.1. The van der Waals surface area contributed by atoms with Crippen molar-refractivity contribution in [1.82, 2.24) is 4.90 Å². The summed E-state index contributed by atoms with van der Waals surface area (Å²) in [5.41, 5.74) is 2.05. The summed E-state index contributed by atoms with van der Waals surface area (Å²) < 4.78 is 9.91. The molecular formula is C23H24N2O4S. The molecule has 2 aromatic rings. The monoisotopic (exact) mass is 424 g/mol. The highest BCUT2D eigenvalue weighted by atomic mass is 32.2. The predicted octanol–water partition coefficient (Wildman–Crippen LogP) is 4.74. The van der Waals surface area contributed by atoms with Gasteiger partial charge in [-0.3, -0.25) is 9.69 Å². The molecule has 2 aromatic carbocycles. The van der Waals surface area contributed by atoms with Gasteiger partial charge in [-0.25, -0.2) is 9.79 Å². The predicted molar refractivity (Wildman–Crippen MR) is 120 cm³/mol. The summed E-state index contributed by atoms with van der Waals surface area (Å²) in [6, 6.07) is 14.3. The largest absolute Gasteiger partial charge is 0.497 e. The third-order valence-electron chi connectivity index (χ3n) is 4.36. The van der Waals surface area contributed by atoms with Crippen molar-refractivity contribution in [3.8, 4) is 5.75 Å². The molecular weight excluding hydrogens is 400 g/mol. The van der Waals surface area contributed by atoms with Gasteiger partial charge in [-0.2, -0.15) is 0 Å². The van der Waals surface area contributed by atoms with Crippen LogP contribution in [-0.4, -0.2) is 42.7 Å². The Morgan fingerprint density at radius 1 is 1.10 bits per heavy atom. The van der Waals surface area contributed by atoms with Gasteiger partial charge in [-0.15, -0.1) is 0 Å². The van der Waals surface area contributed by atoms with Crippen molar-refractivity contribution in [3.05, 3.63) is 64.6 Å². The number of esters is 1. The molecule has 3 rings (SSSR count). The zero-order valence-electron chi connectivity index (χ0n) is 17.4. The molecule has 1 amide bonds. The SMILES string of the molecule is COC(=O)c1ccc(/C=C2\SC(=Nc3ccc(OC)cc3)N(CC(C)C)C2=O)cc1. The number of methoxy groups -OCH3 is 2. The van der Waals surface area contributed by atoms with E-state index in [-0.39, 0.29) is 5.91 Å². The number of benzene rings is 2. The maximum absolute atomic E-state index is 13.0. The molecule has 156 valence electrons. The van der Waals surface area contributed by atoms with E-state index in [9.17, 15) is 9.59 Å². The Balaban J connectivity index is 1.89. The summed E-state index contributed by atoms with van der Waals surface area (Å²) in [5.74, 6) is 0.592. The van der Waals surface area contributed by atoms with Gasteiger partial charge in [0.1, 0.15) is 5.75 Å². The summed E-state index contributed by atoms with van der Waals surface area (Å²) in [6.07, 6.45) is 1.82. The van der Waals surface area contributed by atoms with Gasteiger partial charge in [0, 0.05) is 6.54 Å². The molecule has 1 heterocycles. The lowest BCUT2D eigenvalue weighted by Crippen LogP contribution is -2.32. The van der Waals surface area contributed by atoms with Crippen molar-refractivity contribution in [2.24, 2.45) is 10.9 Å². The van der Waals surface area contributed by atoms with Crippen LogP contribution in [0, 0.1) is 5.92 Å². The van der Waals surface area contributed by atoms with Crippen LogP contribution >= 0.6 is 11.8 Å². The molecule has 0 unspecified atom stereocenters. The molecule has 7 heteroatoms. The molecule has 0 aliphatic carbocycles. The molecule has 6 nitrogen and oxygen atoms in total. The lowest BCUT2D eigenvalue weighted by Gasteiger charge is -2.17. The summed E-state index contributed by atoms with van der Waals surface area (Å²) in [4.78, 5) is 31.6. The molecule has 0 aromatic heterocycles. The second-order valence-electron chi connectivity index (χ2n) is 7.13. The number of carbonyl (C=O) groups excluding carboxylic acids is 2. The number of carbonyl (C=O) groups is 2. The molecule has 0 saturated carbocycles. The van der Waals surface area contributed by atoms with Crippen LogP contribution in [0.1, 0.15) is 29.8 Å². The summed E-state index contributed by atoms with van der Waals surface area (Å²) >= 11 is 1.35. The maximum atomic E-state index is 13.0. The number of thioether (sulfide) groups is 1. The Morgan fingerprint density at radius 3 is 2.33 bits per heavy atom. The highest BCUT2D eigenvalue weighted by Crippen LogP contribution is 2.35. The number of rotatable bonds is 6. The number of nitrogens with zero attached hydrogens (tertiary/aromatic N) is 2. The van der Waals surface area contributed by atoms with Crippen LogP contribution in [0.3, 0.4) is 0 Å². The normalized spacial score (nSPS) is 16.6. The first-order chi connectivity index (χ1) is 14.4. The molecule has 0 N–H and O–H groups in total. The Hall–Kier alpha value is -3.06. The highest BCUT2D eigenvalue weighted by Gasteiger charge is 2.33. The molecule has 1 aliphatic rings. The van der Waals surface area contributed by atoms with Crippen molar-refractivity contribution < 1.29 is 19.1 Å². The first-order valence-electron chi connectivity index (χ1n) is 9.53. The van der Waals surface area contributed by atoms with E-state index >= 15 is 0 Å². The van der Waals surface area contributed by atoms with E-state index in [4.69, 9.17) is 9.47 Å². The number of amides is 1. The second kappa shape index (κ2) is 9.63. The molecule has 1 saturated heterocycles. The van der Waals surface area contributed by atoms with Gasteiger partial charge in [0.15, 0.2) is 5.17 Å². The zero-order valence-corrected chi connectivity index (χ0v) is 18.2. The van der Waals surface area contributed by atoms with Gasteiger partial charge in [0.05, 0.1) is 30.4 Å². The summed E-state index contributed by atoms with van der Waals surface area (Å²) in [7, 11) is 2.96. The van der Waals surface area contributed by atoms with Crippen LogP contribution in [0.4, 0.5) is 5.69 Å². The van der Waals surface area contributed by atoms with Crippen molar-refractivity contribution in [1.29, 1.82) is 0 Å². The van der Waals surface area contributed by atoms with Crippen LogP contribution in [0.15, 0.2) is 58.4 Å². The Kier molecular flexibility index (Phi) is 6.95. The van der Waals surface area contributed by atoms with E-state index in [1.807, 2.05) is 30.3 Å². The highest BCUT2D eigenvalue weighted by molar-refractivity contribution is 8.18. The standard InChI is InChI=1S/C23H24N2O4S/c1-15(2)14-25-21(26)20(13-16-5-7-17(8-6-16)22(27)29-4)30-23(25)24-18-9-11-19(28-3)12-10-18/h5-13,15H,14H2,1-4H3/b20-13-,24-23?. The lowest BCUT2D eigenvalue weighted by molar-refractivity contribution is -0.122. The van der Waals surface area contributed by atoms with Crippen LogP contribution in [0.25, 0.3) is 6.08 Å². The molecule has 0 spiro atoms. The Bertz CT molecular complexity index is 979. The van der Waals surface area contributed by atoms with Crippen molar-refractivity contribution >= 4 is 40.6 Å². The Labute approximate surface area is 180 Å². The van der Waals surface area contributed by atoms with E-state index in [1.165, 1.54) is 18.9 Å². The minimum atomic E-state index is -0.391. The van der Waals surface area contributed by atoms with Crippen LogP contribution in [-0.2, 0) is 9.53 Å². The van der Waals surface area contributed by atoms with Gasteiger partial charge >= 0.3 is 5.97 Å². The number of hydrogen-bond acceptors (Lipinski definition) is 6. The maximum Gasteiger partial charge on any atom is 0.337 e. The fourth-order valence-corrected chi connectivity index (χ4v) is 3.88. The molecule has 30 heavy (non-hydrogen) atoms. The number of ether oxygens (including phenoxy) is 2. The summed E-state index contributed by atoms with van der Waals surface area (Å²) in [6.45, 7) is 4.71. The first-order valence-corrected chi connectivity index (χ1v) is 10.4. The second-order valence-corrected chi connectivity index (χ2v) is 8.14. The van der Waals surface area contributed by atoms with Gasteiger partial charge < -0.3 is 9.47 Å². The number of aliphatic imine (C=N–C) groups is 1. The minimum absolute atomic E-state index is 0.0713. The van der Waals surface area contributed by atoms with Gasteiger partial charge in [-0.05, 0) is 65.7 Å². The van der Waals surface area contributed by atoms with E-state index in [2.05, 4.69) is 18.8 Å². The molecule has 1 aliphatic heterocycles. The molecule has 1 fully saturated rings. The molecule has 0 bridgehead atoms. The van der Waals surface area contributed by atoms with Gasteiger partial charge in [0.25, 0.3) is 5.91 Å². The van der Waals surface area contributed by atoms with Crippen LogP contribution in [0.5, 0.6) is 5.75 Å². The fraction of sp³-hybridized carbons (Fsp3) is 0.261. The number of hydrogen-bond donors (Lipinski definition) is 0. The molecule has 0 atom stereocenters. The fourth-order valence-electron chi connectivity index (χ4n) is 2.87. The van der Waals surface area contributed by atoms with Crippen LogP contribution < -0.4 is 4.74 Å². The topological polar surface area (TPSA) is 68.2 Å². The first kappa shape index (κ1) is 21.6. The van der Waals surface area contributed by atoms with E-state index in [0.717, 1.165) is 17.0 Å². The van der Waals surface area contributed by atoms with Crippen molar-refractivity contribution in [3.63, 3.8) is 0 Å². The Morgan fingerprint density at radius 2 is 1.77 bits per heavy atom. The number of amidine groups is 1. The van der Waals surface area contributed by atoms with E-state index in [0.29, 0.717) is 28.1 Å². The van der Waals surface area contributed by atoms with Crippen LogP contribution in [0.2, 0.25) is 0 Å².